The summed E-state index contributed by atoms with van der Waals surface area (Å²) in [5.41, 5.74) is 3.77. The number of benzene rings is 2. The number of halogens is 1. The van der Waals surface area contributed by atoms with Gasteiger partial charge in [-0.1, -0.05) is 41.4 Å². The number of rotatable bonds is 7. The summed E-state index contributed by atoms with van der Waals surface area (Å²) in [5.74, 6) is -0.112. The van der Waals surface area contributed by atoms with Crippen LogP contribution in [0.3, 0.4) is 0 Å². The maximum Gasteiger partial charge on any atom is 0.238 e. The third kappa shape index (κ3) is 5.79. The predicted molar refractivity (Wildman–Crippen MR) is 113 cm³/mol. The van der Waals surface area contributed by atoms with E-state index in [9.17, 15) is 4.79 Å². The molecule has 0 aliphatic carbocycles. The van der Waals surface area contributed by atoms with Gasteiger partial charge in [0.25, 0.3) is 0 Å². The third-order valence-corrected chi connectivity index (χ3v) is 4.98. The van der Waals surface area contributed by atoms with E-state index in [0.29, 0.717) is 17.3 Å². The first kappa shape index (κ1) is 19.4. The minimum absolute atomic E-state index is 0.112. The highest BCUT2D eigenvalue weighted by atomic mass is 35.5. The van der Waals surface area contributed by atoms with Gasteiger partial charge in [0, 0.05) is 17.6 Å². The third-order valence-electron chi connectivity index (χ3n) is 3.85. The van der Waals surface area contributed by atoms with E-state index in [-0.39, 0.29) is 12.5 Å². The average molecular weight is 401 g/mol. The van der Waals surface area contributed by atoms with Crippen molar-refractivity contribution in [2.45, 2.75) is 13.5 Å². The minimum atomic E-state index is -0.112. The Balaban J connectivity index is 1.51. The number of carbonyl (C=O) groups is 1. The molecule has 0 atom stereocenters. The second kappa shape index (κ2) is 8.99. The Morgan fingerprint density at radius 1 is 1.19 bits per heavy atom. The summed E-state index contributed by atoms with van der Waals surface area (Å²) in [6, 6.07) is 15.4. The lowest BCUT2D eigenvalue weighted by Crippen LogP contribution is -2.30. The molecule has 0 spiro atoms. The van der Waals surface area contributed by atoms with Crippen molar-refractivity contribution in [2.75, 3.05) is 24.2 Å². The molecule has 0 saturated heterocycles. The number of aromatic nitrogens is 1. The van der Waals surface area contributed by atoms with Crippen LogP contribution in [0.2, 0.25) is 5.02 Å². The van der Waals surface area contributed by atoms with E-state index in [0.717, 1.165) is 16.5 Å². The molecule has 0 unspecified atom stereocenters. The SMILES string of the molecule is Cc1ccc(Nc2nc(CN(C)CC(=O)Nc3ccccc3Cl)cs2)cc1. The Morgan fingerprint density at radius 3 is 2.67 bits per heavy atom. The Bertz CT molecular complexity index is 910. The summed E-state index contributed by atoms with van der Waals surface area (Å²) < 4.78 is 0. The van der Waals surface area contributed by atoms with E-state index in [4.69, 9.17) is 11.6 Å². The normalized spacial score (nSPS) is 10.8. The first-order chi connectivity index (χ1) is 13.0. The molecule has 0 saturated carbocycles. The van der Waals surface area contributed by atoms with Crippen molar-refractivity contribution in [1.82, 2.24) is 9.88 Å². The van der Waals surface area contributed by atoms with Gasteiger partial charge in [-0.3, -0.25) is 9.69 Å². The standard InChI is InChI=1S/C20H21ClN4OS/c1-14-7-9-15(10-8-14)22-20-23-16(13-27-20)11-25(2)12-19(26)24-18-6-4-3-5-17(18)21/h3-10,13H,11-12H2,1-2H3,(H,22,23)(H,24,26). The lowest BCUT2D eigenvalue weighted by atomic mass is 10.2. The largest absolute Gasteiger partial charge is 0.332 e. The molecule has 3 rings (SSSR count). The molecule has 1 amide bonds. The zero-order chi connectivity index (χ0) is 19.2. The van der Waals surface area contributed by atoms with Crippen LogP contribution in [0.4, 0.5) is 16.5 Å². The van der Waals surface area contributed by atoms with E-state index in [2.05, 4.69) is 34.7 Å². The van der Waals surface area contributed by atoms with Gasteiger partial charge >= 0.3 is 0 Å². The van der Waals surface area contributed by atoms with E-state index in [1.165, 1.54) is 5.56 Å². The predicted octanol–water partition coefficient (Wildman–Crippen LogP) is 4.92. The highest BCUT2D eigenvalue weighted by Crippen LogP contribution is 2.22. The first-order valence-electron chi connectivity index (χ1n) is 8.50. The van der Waals surface area contributed by atoms with Gasteiger partial charge in [-0.15, -0.1) is 11.3 Å². The number of aryl methyl sites for hydroxylation is 1. The second-order valence-corrected chi connectivity index (χ2v) is 7.60. The Morgan fingerprint density at radius 2 is 1.93 bits per heavy atom. The smallest absolute Gasteiger partial charge is 0.238 e. The number of hydrogen-bond donors (Lipinski definition) is 2. The van der Waals surface area contributed by atoms with Gasteiger partial charge in [-0.25, -0.2) is 4.98 Å². The highest BCUT2D eigenvalue weighted by molar-refractivity contribution is 7.13. The highest BCUT2D eigenvalue weighted by Gasteiger charge is 2.11. The molecule has 1 heterocycles. The molecule has 0 fully saturated rings. The molecular weight excluding hydrogens is 380 g/mol. The fourth-order valence-electron chi connectivity index (χ4n) is 2.53. The number of nitrogens with zero attached hydrogens (tertiary/aromatic N) is 2. The molecule has 27 heavy (non-hydrogen) atoms. The number of carbonyl (C=O) groups excluding carboxylic acids is 1. The van der Waals surface area contributed by atoms with Crippen molar-refractivity contribution >= 4 is 45.4 Å². The topological polar surface area (TPSA) is 57.3 Å². The Kier molecular flexibility index (Phi) is 6.45. The van der Waals surface area contributed by atoms with Gasteiger partial charge in [-0.05, 0) is 38.2 Å². The second-order valence-electron chi connectivity index (χ2n) is 6.34. The van der Waals surface area contributed by atoms with Crippen LogP contribution < -0.4 is 10.6 Å². The van der Waals surface area contributed by atoms with Crippen LogP contribution in [0.15, 0.2) is 53.9 Å². The number of hydrogen-bond acceptors (Lipinski definition) is 5. The van der Waals surface area contributed by atoms with Crippen molar-refractivity contribution in [3.8, 4) is 0 Å². The van der Waals surface area contributed by atoms with Gasteiger partial charge in [0.15, 0.2) is 5.13 Å². The number of thiazole rings is 1. The molecular formula is C20H21ClN4OS. The van der Waals surface area contributed by atoms with E-state index in [1.54, 1.807) is 23.5 Å². The molecule has 1 aromatic heterocycles. The van der Waals surface area contributed by atoms with Crippen LogP contribution in [0.1, 0.15) is 11.3 Å². The fourth-order valence-corrected chi connectivity index (χ4v) is 3.43. The quantitative estimate of drug-likeness (QED) is 0.591. The first-order valence-corrected chi connectivity index (χ1v) is 9.76. The van der Waals surface area contributed by atoms with Crippen molar-refractivity contribution in [2.24, 2.45) is 0 Å². The summed E-state index contributed by atoms with van der Waals surface area (Å²) in [5, 5.41) is 9.49. The number of likely N-dealkylation sites (N-methyl/N-ethyl adjacent to an activating group) is 1. The molecule has 0 radical (unpaired) electrons. The summed E-state index contributed by atoms with van der Waals surface area (Å²) in [6.07, 6.45) is 0. The fraction of sp³-hybridized carbons (Fsp3) is 0.200. The van der Waals surface area contributed by atoms with Gasteiger partial charge in [0.05, 0.1) is 22.9 Å². The zero-order valence-corrected chi connectivity index (χ0v) is 16.8. The van der Waals surface area contributed by atoms with Crippen LogP contribution in [0, 0.1) is 6.92 Å². The maximum absolute atomic E-state index is 12.2. The van der Waals surface area contributed by atoms with E-state index >= 15 is 0 Å². The number of anilines is 3. The molecule has 7 heteroatoms. The molecule has 2 N–H and O–H groups in total. The number of para-hydroxylation sites is 1. The molecule has 0 aliphatic rings. The Labute approximate surface area is 168 Å². The average Bonchev–Trinajstić information content (AvgIpc) is 3.05. The van der Waals surface area contributed by atoms with Crippen LogP contribution in [0.5, 0.6) is 0 Å². The van der Waals surface area contributed by atoms with Crippen LogP contribution in [-0.2, 0) is 11.3 Å². The van der Waals surface area contributed by atoms with Crippen molar-refractivity contribution in [1.29, 1.82) is 0 Å². The van der Waals surface area contributed by atoms with E-state index < -0.39 is 0 Å². The summed E-state index contributed by atoms with van der Waals surface area (Å²) in [4.78, 5) is 18.7. The van der Waals surface area contributed by atoms with Crippen molar-refractivity contribution in [3.05, 3.63) is 70.2 Å². The van der Waals surface area contributed by atoms with Gasteiger partial charge in [-0.2, -0.15) is 0 Å². The monoisotopic (exact) mass is 400 g/mol. The number of amides is 1. The van der Waals surface area contributed by atoms with Crippen LogP contribution in [0.25, 0.3) is 0 Å². The molecule has 2 aromatic carbocycles. The van der Waals surface area contributed by atoms with Gasteiger partial charge < -0.3 is 10.6 Å². The van der Waals surface area contributed by atoms with Crippen molar-refractivity contribution in [3.63, 3.8) is 0 Å². The van der Waals surface area contributed by atoms with Gasteiger partial charge in [0.2, 0.25) is 5.91 Å². The molecule has 5 nitrogen and oxygen atoms in total. The lowest BCUT2D eigenvalue weighted by Gasteiger charge is -2.15. The molecule has 3 aromatic rings. The molecule has 0 aliphatic heterocycles. The molecule has 140 valence electrons. The van der Waals surface area contributed by atoms with Crippen molar-refractivity contribution < 1.29 is 4.79 Å². The Hall–Kier alpha value is -2.41. The van der Waals surface area contributed by atoms with Crippen LogP contribution in [-0.4, -0.2) is 29.4 Å². The lowest BCUT2D eigenvalue weighted by molar-refractivity contribution is -0.117. The summed E-state index contributed by atoms with van der Waals surface area (Å²) in [6.45, 7) is 2.90. The summed E-state index contributed by atoms with van der Waals surface area (Å²) in [7, 11) is 1.89. The minimum Gasteiger partial charge on any atom is -0.332 e. The van der Waals surface area contributed by atoms with Gasteiger partial charge in [0.1, 0.15) is 0 Å². The number of nitrogens with one attached hydrogen (secondary N) is 2. The molecule has 0 bridgehead atoms. The summed E-state index contributed by atoms with van der Waals surface area (Å²) >= 11 is 7.62. The van der Waals surface area contributed by atoms with E-state index in [1.807, 2.05) is 41.6 Å². The zero-order valence-electron chi connectivity index (χ0n) is 15.2. The maximum atomic E-state index is 12.2. The van der Waals surface area contributed by atoms with Crippen LogP contribution >= 0.6 is 22.9 Å².